The van der Waals surface area contributed by atoms with Gasteiger partial charge in [-0.05, 0) is 36.1 Å². The molecule has 4 rings (SSSR count). The van der Waals surface area contributed by atoms with E-state index in [-0.39, 0.29) is 0 Å². The molecule has 0 spiro atoms. The lowest BCUT2D eigenvalue weighted by Crippen LogP contribution is -2.37. The maximum absolute atomic E-state index is 4.62. The Hall–Kier alpha value is -1.97. The van der Waals surface area contributed by atoms with Crippen LogP contribution in [0, 0.1) is 6.92 Å². The van der Waals surface area contributed by atoms with Gasteiger partial charge in [-0.1, -0.05) is 55.2 Å². The van der Waals surface area contributed by atoms with Crippen LogP contribution in [-0.2, 0) is 0 Å². The molecular formula is C21H21NSSi. The smallest absolute Gasteiger partial charge is 0.0784 e. The minimum Gasteiger partial charge on any atom is -0.256 e. The molecule has 0 fully saturated rings. The molecular weight excluding hydrogens is 326 g/mol. The average molecular weight is 348 g/mol. The molecule has 0 unspecified atom stereocenters. The maximum Gasteiger partial charge on any atom is 0.0784 e. The molecule has 0 aliphatic rings. The van der Waals surface area contributed by atoms with E-state index in [4.69, 9.17) is 0 Å². The second kappa shape index (κ2) is 5.54. The van der Waals surface area contributed by atoms with E-state index in [2.05, 4.69) is 80.1 Å². The number of aryl methyl sites for hydroxylation is 1. The quantitative estimate of drug-likeness (QED) is 0.407. The molecule has 2 aromatic carbocycles. The average Bonchev–Trinajstić information content (AvgIpc) is 2.92. The fraction of sp³-hybridized carbons (Fsp3) is 0.190. The van der Waals surface area contributed by atoms with Gasteiger partial charge in [-0.2, -0.15) is 0 Å². The third-order valence-corrected chi connectivity index (χ3v) is 7.76. The molecule has 0 atom stereocenters. The molecule has 1 nitrogen and oxygen atoms in total. The minimum atomic E-state index is -1.39. The highest BCUT2D eigenvalue weighted by Gasteiger charge is 2.22. The van der Waals surface area contributed by atoms with Crippen LogP contribution < -0.4 is 5.19 Å². The standard InChI is InChI=1S/C21H21NSSi/c1-14-11-12-22-17(13-14)15-7-5-8-16-20-18(23-21(15)16)9-6-10-19(20)24(2,3)4/h5-13H,1-4H3. The molecule has 3 heteroatoms. The van der Waals surface area contributed by atoms with Crippen LogP contribution in [0.25, 0.3) is 31.4 Å². The van der Waals surface area contributed by atoms with Crippen LogP contribution in [-0.4, -0.2) is 13.1 Å². The lowest BCUT2D eigenvalue weighted by atomic mass is 10.1. The largest absolute Gasteiger partial charge is 0.256 e. The molecule has 2 aromatic heterocycles. The van der Waals surface area contributed by atoms with Gasteiger partial charge in [0, 0.05) is 26.5 Å². The van der Waals surface area contributed by atoms with Crippen molar-refractivity contribution in [2.75, 3.05) is 0 Å². The second-order valence-electron chi connectivity index (χ2n) is 7.43. The molecule has 0 aliphatic heterocycles. The van der Waals surface area contributed by atoms with Gasteiger partial charge < -0.3 is 0 Å². The van der Waals surface area contributed by atoms with Gasteiger partial charge in [-0.3, -0.25) is 4.98 Å². The third kappa shape index (κ3) is 2.48. The summed E-state index contributed by atoms with van der Waals surface area (Å²) in [6, 6.07) is 17.7. The van der Waals surface area contributed by atoms with E-state index in [1.54, 1.807) is 5.19 Å². The van der Waals surface area contributed by atoms with Crippen molar-refractivity contribution in [1.82, 2.24) is 4.98 Å². The number of fused-ring (bicyclic) bond motifs is 3. The number of hydrogen-bond acceptors (Lipinski definition) is 2. The number of benzene rings is 2. The SMILES string of the molecule is Cc1ccnc(-c2cccc3c2sc2cccc([Si](C)(C)C)c23)c1. The number of aromatic nitrogens is 1. The van der Waals surface area contributed by atoms with Gasteiger partial charge in [-0.25, -0.2) is 0 Å². The summed E-state index contributed by atoms with van der Waals surface area (Å²) >= 11 is 1.90. The third-order valence-electron chi connectivity index (χ3n) is 4.52. The van der Waals surface area contributed by atoms with Crippen LogP contribution in [0.3, 0.4) is 0 Å². The first-order valence-electron chi connectivity index (χ1n) is 8.33. The lowest BCUT2D eigenvalue weighted by molar-refractivity contribution is 1.29. The fourth-order valence-electron chi connectivity index (χ4n) is 3.36. The summed E-state index contributed by atoms with van der Waals surface area (Å²) in [4.78, 5) is 4.62. The summed E-state index contributed by atoms with van der Waals surface area (Å²) in [5.41, 5.74) is 3.57. The van der Waals surface area contributed by atoms with Crippen molar-refractivity contribution in [2.24, 2.45) is 0 Å². The molecule has 24 heavy (non-hydrogen) atoms. The predicted octanol–water partition coefficient (Wildman–Crippen LogP) is 5.97. The van der Waals surface area contributed by atoms with Crippen molar-refractivity contribution in [3.8, 4) is 11.3 Å². The van der Waals surface area contributed by atoms with Crippen molar-refractivity contribution in [3.63, 3.8) is 0 Å². The minimum absolute atomic E-state index is 1.07. The Labute approximate surface area is 148 Å². The van der Waals surface area contributed by atoms with Gasteiger partial charge in [0.25, 0.3) is 0 Å². The van der Waals surface area contributed by atoms with Gasteiger partial charge in [-0.15, -0.1) is 11.3 Å². The van der Waals surface area contributed by atoms with Crippen molar-refractivity contribution in [1.29, 1.82) is 0 Å². The van der Waals surface area contributed by atoms with Crippen LogP contribution in [0.2, 0.25) is 19.6 Å². The molecule has 0 radical (unpaired) electrons. The molecule has 2 heterocycles. The Bertz CT molecular complexity index is 1060. The van der Waals surface area contributed by atoms with Crippen molar-refractivity contribution in [2.45, 2.75) is 26.6 Å². The van der Waals surface area contributed by atoms with Crippen LogP contribution in [0.5, 0.6) is 0 Å². The molecule has 4 aromatic rings. The molecule has 0 N–H and O–H groups in total. The molecule has 0 saturated carbocycles. The summed E-state index contributed by atoms with van der Waals surface area (Å²) < 4.78 is 2.75. The number of thiophene rings is 1. The lowest BCUT2D eigenvalue weighted by Gasteiger charge is -2.18. The van der Waals surface area contributed by atoms with E-state index in [1.165, 1.54) is 31.3 Å². The van der Waals surface area contributed by atoms with Crippen LogP contribution >= 0.6 is 11.3 Å². The van der Waals surface area contributed by atoms with Gasteiger partial charge >= 0.3 is 0 Å². The number of hydrogen-bond donors (Lipinski definition) is 0. The van der Waals surface area contributed by atoms with E-state index in [0.717, 1.165) is 5.69 Å². The summed E-state index contributed by atoms with van der Waals surface area (Å²) in [6.07, 6.45) is 1.91. The summed E-state index contributed by atoms with van der Waals surface area (Å²) in [7, 11) is -1.39. The van der Waals surface area contributed by atoms with E-state index < -0.39 is 8.07 Å². The van der Waals surface area contributed by atoms with E-state index in [1.807, 2.05) is 17.5 Å². The van der Waals surface area contributed by atoms with Crippen LogP contribution in [0.4, 0.5) is 0 Å². The highest BCUT2D eigenvalue weighted by Crippen LogP contribution is 2.39. The molecule has 0 amide bonds. The van der Waals surface area contributed by atoms with E-state index >= 15 is 0 Å². The Kier molecular flexibility index (Phi) is 3.59. The zero-order chi connectivity index (χ0) is 16.9. The molecule has 120 valence electrons. The first-order valence-corrected chi connectivity index (χ1v) is 12.6. The second-order valence-corrected chi connectivity index (χ2v) is 13.5. The van der Waals surface area contributed by atoms with Crippen molar-refractivity contribution < 1.29 is 0 Å². The summed E-state index contributed by atoms with van der Waals surface area (Å²) in [5.74, 6) is 0. The Morgan fingerprint density at radius 2 is 1.75 bits per heavy atom. The van der Waals surface area contributed by atoms with Crippen LogP contribution in [0.1, 0.15) is 5.56 Å². The van der Waals surface area contributed by atoms with Gasteiger partial charge in [0.1, 0.15) is 0 Å². The topological polar surface area (TPSA) is 12.9 Å². The predicted molar refractivity (Wildman–Crippen MR) is 110 cm³/mol. The molecule has 0 saturated heterocycles. The number of pyridine rings is 1. The first-order chi connectivity index (χ1) is 11.4. The monoisotopic (exact) mass is 347 g/mol. The number of nitrogens with zero attached hydrogens (tertiary/aromatic N) is 1. The highest BCUT2D eigenvalue weighted by atomic mass is 32.1. The fourth-order valence-corrected chi connectivity index (χ4v) is 6.32. The summed E-state index contributed by atoms with van der Waals surface area (Å²) in [5, 5.41) is 4.40. The van der Waals surface area contributed by atoms with Crippen molar-refractivity contribution >= 4 is 44.8 Å². The molecule has 0 aliphatic carbocycles. The highest BCUT2D eigenvalue weighted by molar-refractivity contribution is 7.26. The number of rotatable bonds is 2. The Morgan fingerprint density at radius 3 is 2.50 bits per heavy atom. The van der Waals surface area contributed by atoms with Gasteiger partial charge in [0.05, 0.1) is 13.8 Å². The van der Waals surface area contributed by atoms with Gasteiger partial charge in [0.15, 0.2) is 0 Å². The first kappa shape index (κ1) is 15.5. The Balaban J connectivity index is 2.10. The zero-order valence-corrected chi connectivity index (χ0v) is 16.4. The summed E-state index contributed by atoms with van der Waals surface area (Å²) in [6.45, 7) is 9.41. The van der Waals surface area contributed by atoms with Crippen molar-refractivity contribution in [3.05, 3.63) is 60.3 Å². The van der Waals surface area contributed by atoms with E-state index in [0.29, 0.717) is 0 Å². The zero-order valence-electron chi connectivity index (χ0n) is 14.6. The maximum atomic E-state index is 4.62. The van der Waals surface area contributed by atoms with E-state index in [9.17, 15) is 0 Å². The normalized spacial score (nSPS) is 12.2. The van der Waals surface area contributed by atoms with Crippen LogP contribution in [0.15, 0.2) is 54.7 Å². The molecule has 0 bridgehead atoms. The van der Waals surface area contributed by atoms with Gasteiger partial charge in [0.2, 0.25) is 0 Å². The Morgan fingerprint density at radius 1 is 0.958 bits per heavy atom.